The maximum atomic E-state index is 9.20. The van der Waals surface area contributed by atoms with Crippen molar-refractivity contribution in [3.05, 3.63) is 0 Å². The molecule has 0 saturated carbocycles. The fraction of sp³-hybridized carbons (Fsp3) is 1.00. The molecule has 0 aromatic heterocycles. The van der Waals surface area contributed by atoms with E-state index in [0.29, 0.717) is 0 Å². The zero-order chi connectivity index (χ0) is 7.14. The quantitative estimate of drug-likeness (QED) is 0.446. The molecule has 0 aliphatic carbocycles. The highest BCUT2D eigenvalue weighted by atomic mass is 16.7. The molecule has 4 nitrogen and oxygen atoms in total. The third-order valence-electron chi connectivity index (χ3n) is 2.07. The molecule has 0 spiro atoms. The summed E-state index contributed by atoms with van der Waals surface area (Å²) in [5.41, 5.74) is 0. The predicted molar refractivity (Wildman–Crippen MR) is 31.2 cm³/mol. The van der Waals surface area contributed by atoms with E-state index in [2.05, 4.69) is 0 Å². The van der Waals surface area contributed by atoms with E-state index in [-0.39, 0.29) is 25.4 Å². The molecule has 0 unspecified atom stereocenters. The van der Waals surface area contributed by atoms with Gasteiger partial charge in [-0.2, -0.15) is 0 Å². The SMILES string of the molecule is O[C@@H]1COC2OC[C@@H](O)C21. The Morgan fingerprint density at radius 3 is 1.90 bits per heavy atom. The first-order valence-corrected chi connectivity index (χ1v) is 3.38. The van der Waals surface area contributed by atoms with Gasteiger partial charge in [0.05, 0.1) is 31.3 Å². The lowest BCUT2D eigenvalue weighted by atomic mass is 10.0. The van der Waals surface area contributed by atoms with E-state index in [1.165, 1.54) is 0 Å². The van der Waals surface area contributed by atoms with Crippen LogP contribution in [0.4, 0.5) is 0 Å². The zero-order valence-corrected chi connectivity index (χ0v) is 5.43. The van der Waals surface area contributed by atoms with Crippen LogP contribution in [0.5, 0.6) is 0 Å². The van der Waals surface area contributed by atoms with Gasteiger partial charge in [-0.25, -0.2) is 0 Å². The topological polar surface area (TPSA) is 58.9 Å². The van der Waals surface area contributed by atoms with Crippen LogP contribution < -0.4 is 0 Å². The number of rotatable bonds is 0. The molecule has 0 amide bonds. The van der Waals surface area contributed by atoms with Crippen molar-refractivity contribution in [1.82, 2.24) is 0 Å². The standard InChI is InChI=1S/C6H10O4/c7-3-1-9-6-5(3)4(8)2-10-6/h3-8H,1-2H2/t3-,4-,5?,6?/m1/s1. The number of fused-ring (bicyclic) bond motifs is 1. The molecule has 2 aliphatic rings. The van der Waals surface area contributed by atoms with Crippen molar-refractivity contribution in [1.29, 1.82) is 0 Å². The molecule has 2 atom stereocenters. The van der Waals surface area contributed by atoms with Gasteiger partial charge in [0.2, 0.25) is 0 Å². The summed E-state index contributed by atoms with van der Waals surface area (Å²) >= 11 is 0. The van der Waals surface area contributed by atoms with Gasteiger partial charge in [-0.1, -0.05) is 0 Å². The van der Waals surface area contributed by atoms with Crippen molar-refractivity contribution in [2.24, 2.45) is 5.92 Å². The maximum Gasteiger partial charge on any atom is 0.165 e. The minimum absolute atomic E-state index is 0.222. The molecule has 10 heavy (non-hydrogen) atoms. The lowest BCUT2D eigenvalue weighted by Gasteiger charge is -2.11. The molecule has 2 fully saturated rings. The molecular weight excluding hydrogens is 136 g/mol. The van der Waals surface area contributed by atoms with Gasteiger partial charge in [-0.05, 0) is 0 Å². The molecular formula is C6H10O4. The number of aliphatic hydroxyl groups is 2. The first-order valence-electron chi connectivity index (χ1n) is 3.38. The molecule has 2 rings (SSSR count). The van der Waals surface area contributed by atoms with Crippen LogP contribution in [-0.2, 0) is 9.47 Å². The highest BCUT2D eigenvalue weighted by Crippen LogP contribution is 2.31. The molecule has 0 bridgehead atoms. The second-order valence-electron chi connectivity index (χ2n) is 2.75. The van der Waals surface area contributed by atoms with Crippen molar-refractivity contribution in [2.45, 2.75) is 18.5 Å². The van der Waals surface area contributed by atoms with Crippen LogP contribution >= 0.6 is 0 Å². The van der Waals surface area contributed by atoms with Gasteiger partial charge in [-0.3, -0.25) is 0 Å². The first-order chi connectivity index (χ1) is 4.79. The van der Waals surface area contributed by atoms with E-state index < -0.39 is 12.2 Å². The van der Waals surface area contributed by atoms with E-state index in [0.717, 1.165) is 0 Å². The average Bonchev–Trinajstić information content (AvgIpc) is 2.40. The average molecular weight is 146 g/mol. The van der Waals surface area contributed by atoms with Gasteiger partial charge in [-0.15, -0.1) is 0 Å². The summed E-state index contributed by atoms with van der Waals surface area (Å²) in [7, 11) is 0. The van der Waals surface area contributed by atoms with Gasteiger partial charge in [0.25, 0.3) is 0 Å². The smallest absolute Gasteiger partial charge is 0.165 e. The van der Waals surface area contributed by atoms with Gasteiger partial charge >= 0.3 is 0 Å². The van der Waals surface area contributed by atoms with E-state index in [1.807, 2.05) is 0 Å². The van der Waals surface area contributed by atoms with Gasteiger partial charge < -0.3 is 19.7 Å². The molecule has 2 saturated heterocycles. The van der Waals surface area contributed by atoms with E-state index in [4.69, 9.17) is 9.47 Å². The van der Waals surface area contributed by atoms with Crippen LogP contribution in [-0.4, -0.2) is 41.9 Å². The van der Waals surface area contributed by atoms with Crippen LogP contribution in [0.15, 0.2) is 0 Å². The van der Waals surface area contributed by atoms with Crippen molar-refractivity contribution >= 4 is 0 Å². The number of aliphatic hydroxyl groups excluding tert-OH is 2. The Hall–Kier alpha value is -0.160. The van der Waals surface area contributed by atoms with Crippen molar-refractivity contribution < 1.29 is 19.7 Å². The van der Waals surface area contributed by atoms with Gasteiger partial charge in [0.15, 0.2) is 6.29 Å². The van der Waals surface area contributed by atoms with Gasteiger partial charge in [0.1, 0.15) is 0 Å². The van der Waals surface area contributed by atoms with Crippen molar-refractivity contribution in [3.63, 3.8) is 0 Å². The second kappa shape index (κ2) is 2.17. The fourth-order valence-electron chi connectivity index (χ4n) is 1.50. The lowest BCUT2D eigenvalue weighted by molar-refractivity contribution is -0.0911. The lowest BCUT2D eigenvalue weighted by Crippen LogP contribution is -2.29. The number of hydrogen-bond donors (Lipinski definition) is 2. The van der Waals surface area contributed by atoms with Crippen LogP contribution in [0.3, 0.4) is 0 Å². The Kier molecular flexibility index (Phi) is 1.42. The predicted octanol–water partition coefficient (Wildman–Crippen LogP) is -1.29. The van der Waals surface area contributed by atoms with Crippen molar-refractivity contribution in [2.75, 3.05) is 13.2 Å². The summed E-state index contributed by atoms with van der Waals surface area (Å²) < 4.78 is 10.1. The monoisotopic (exact) mass is 146 g/mol. The Morgan fingerprint density at radius 1 is 1.00 bits per heavy atom. The van der Waals surface area contributed by atoms with E-state index >= 15 is 0 Å². The Morgan fingerprint density at radius 2 is 1.50 bits per heavy atom. The maximum absolute atomic E-state index is 9.20. The molecule has 0 aromatic rings. The van der Waals surface area contributed by atoms with Crippen LogP contribution in [0, 0.1) is 5.92 Å². The number of ether oxygens (including phenoxy) is 2. The minimum Gasteiger partial charge on any atom is -0.390 e. The summed E-state index contributed by atoms with van der Waals surface area (Å²) in [5.74, 6) is -0.222. The summed E-state index contributed by atoms with van der Waals surface area (Å²) in [6, 6.07) is 0. The van der Waals surface area contributed by atoms with Crippen LogP contribution in [0.25, 0.3) is 0 Å². The van der Waals surface area contributed by atoms with E-state index in [1.54, 1.807) is 0 Å². The molecule has 2 heterocycles. The molecule has 58 valence electrons. The second-order valence-corrected chi connectivity index (χ2v) is 2.75. The Balaban J connectivity index is 2.11. The molecule has 0 aromatic carbocycles. The number of hydrogen-bond acceptors (Lipinski definition) is 4. The highest BCUT2D eigenvalue weighted by Gasteiger charge is 2.46. The summed E-state index contributed by atoms with van der Waals surface area (Å²) in [6.07, 6.45) is -1.48. The third-order valence-corrected chi connectivity index (χ3v) is 2.07. The fourth-order valence-corrected chi connectivity index (χ4v) is 1.50. The Labute approximate surface area is 58.4 Å². The summed E-state index contributed by atoms with van der Waals surface area (Å²) in [5, 5.41) is 18.4. The van der Waals surface area contributed by atoms with Crippen LogP contribution in [0.2, 0.25) is 0 Å². The van der Waals surface area contributed by atoms with E-state index in [9.17, 15) is 10.2 Å². The molecule has 2 aliphatic heterocycles. The normalized spacial score (nSPS) is 53.4. The van der Waals surface area contributed by atoms with Crippen molar-refractivity contribution in [3.8, 4) is 0 Å². The first kappa shape index (κ1) is 6.54. The molecule has 0 radical (unpaired) electrons. The Bertz CT molecular complexity index is 124. The minimum atomic E-state index is -0.553. The zero-order valence-electron chi connectivity index (χ0n) is 5.43. The molecule has 2 N–H and O–H groups in total. The largest absolute Gasteiger partial charge is 0.390 e. The third kappa shape index (κ3) is 0.769. The highest BCUT2D eigenvalue weighted by molar-refractivity contribution is 4.88. The summed E-state index contributed by atoms with van der Waals surface area (Å²) in [4.78, 5) is 0. The summed E-state index contributed by atoms with van der Waals surface area (Å²) in [6.45, 7) is 0.568. The van der Waals surface area contributed by atoms with Gasteiger partial charge in [0, 0.05) is 0 Å². The molecule has 4 heteroatoms. The van der Waals surface area contributed by atoms with Crippen LogP contribution in [0.1, 0.15) is 0 Å².